The molecular weight excluding hydrogens is 485 g/mol. The summed E-state index contributed by atoms with van der Waals surface area (Å²) < 4.78 is 56.6. The smallest absolute Gasteiger partial charge is 0.416 e. The molecule has 0 spiro atoms. The second-order valence-corrected chi connectivity index (χ2v) is 7.98. The summed E-state index contributed by atoms with van der Waals surface area (Å²) in [4.78, 5) is 12.4. The van der Waals surface area contributed by atoms with E-state index in [2.05, 4.69) is 22.1 Å². The van der Waals surface area contributed by atoms with E-state index >= 15 is 0 Å². The minimum absolute atomic E-state index is 0.0519. The summed E-state index contributed by atoms with van der Waals surface area (Å²) in [6.45, 7) is 4.10. The van der Waals surface area contributed by atoms with E-state index in [1.807, 2.05) is 0 Å². The third kappa shape index (κ3) is 6.07. The molecule has 12 heteroatoms. The third-order valence-corrected chi connectivity index (χ3v) is 5.72. The largest absolute Gasteiger partial charge is 0.493 e. The van der Waals surface area contributed by atoms with Crippen molar-refractivity contribution >= 4 is 23.4 Å². The molecule has 1 amide bonds. The minimum Gasteiger partial charge on any atom is -0.493 e. The van der Waals surface area contributed by atoms with Crippen molar-refractivity contribution in [2.24, 2.45) is 0 Å². The van der Waals surface area contributed by atoms with Gasteiger partial charge in [-0.3, -0.25) is 9.36 Å². The van der Waals surface area contributed by atoms with Crippen LogP contribution in [0.4, 0.5) is 18.9 Å². The molecule has 3 rings (SSSR count). The average molecular weight is 509 g/mol. The van der Waals surface area contributed by atoms with Crippen LogP contribution >= 0.6 is 11.8 Å². The maximum absolute atomic E-state index is 12.9. The SMILES string of the molecule is C=CCn1c(SCC(=O)Nc2cccc(C(F)(F)F)c2)nnc1-c1cc(OC)c(OC)c(OC)c1. The van der Waals surface area contributed by atoms with Crippen LogP contribution in [0.1, 0.15) is 5.56 Å². The van der Waals surface area contributed by atoms with Crippen LogP contribution in [-0.4, -0.2) is 47.8 Å². The molecule has 0 aliphatic carbocycles. The van der Waals surface area contributed by atoms with Gasteiger partial charge in [0.2, 0.25) is 11.7 Å². The highest BCUT2D eigenvalue weighted by Gasteiger charge is 2.30. The van der Waals surface area contributed by atoms with Gasteiger partial charge in [-0.2, -0.15) is 13.2 Å². The summed E-state index contributed by atoms with van der Waals surface area (Å²) in [5.74, 6) is 1.19. The number of allylic oxidation sites excluding steroid dienone is 1. The standard InChI is InChI=1S/C23H23F3N4O4S/c1-5-9-30-21(14-10-17(32-2)20(34-4)18(11-14)33-3)28-29-22(30)35-13-19(31)27-16-8-6-7-15(12-16)23(24,25)26/h5-8,10-12H,1,9,13H2,2-4H3,(H,27,31). The van der Waals surface area contributed by atoms with Gasteiger partial charge < -0.3 is 19.5 Å². The fraction of sp³-hybridized carbons (Fsp3) is 0.261. The summed E-state index contributed by atoms with van der Waals surface area (Å²) in [5.41, 5.74) is -0.158. The fourth-order valence-electron chi connectivity index (χ4n) is 3.21. The number of rotatable bonds is 10. The van der Waals surface area contributed by atoms with Crippen LogP contribution in [0.25, 0.3) is 11.4 Å². The predicted octanol–water partition coefficient (Wildman–Crippen LogP) is 4.91. The van der Waals surface area contributed by atoms with Gasteiger partial charge in [0.15, 0.2) is 22.5 Å². The lowest BCUT2D eigenvalue weighted by atomic mass is 10.1. The van der Waals surface area contributed by atoms with E-state index in [0.29, 0.717) is 40.3 Å². The van der Waals surface area contributed by atoms with Gasteiger partial charge in [0.05, 0.1) is 32.6 Å². The van der Waals surface area contributed by atoms with E-state index in [1.54, 1.807) is 22.8 Å². The molecule has 8 nitrogen and oxygen atoms in total. The molecule has 0 fully saturated rings. The first-order chi connectivity index (χ1) is 16.7. The maximum atomic E-state index is 12.9. The molecule has 0 atom stereocenters. The normalized spacial score (nSPS) is 11.1. The average Bonchev–Trinajstić information content (AvgIpc) is 3.24. The first-order valence-electron chi connectivity index (χ1n) is 10.2. The highest BCUT2D eigenvalue weighted by Crippen LogP contribution is 2.41. The highest BCUT2D eigenvalue weighted by molar-refractivity contribution is 7.99. The molecule has 0 aliphatic rings. The van der Waals surface area contributed by atoms with Crippen molar-refractivity contribution in [3.63, 3.8) is 0 Å². The molecule has 186 valence electrons. The fourth-order valence-corrected chi connectivity index (χ4v) is 3.96. The van der Waals surface area contributed by atoms with Gasteiger partial charge >= 0.3 is 6.18 Å². The van der Waals surface area contributed by atoms with Crippen LogP contribution in [0, 0.1) is 0 Å². The number of methoxy groups -OCH3 is 3. The molecule has 0 unspecified atom stereocenters. The van der Waals surface area contributed by atoms with Crippen LogP contribution in [0.5, 0.6) is 17.2 Å². The van der Waals surface area contributed by atoms with Gasteiger partial charge in [-0.05, 0) is 30.3 Å². The number of aromatic nitrogens is 3. The Balaban J connectivity index is 1.81. The summed E-state index contributed by atoms with van der Waals surface area (Å²) in [7, 11) is 4.50. The molecular formula is C23H23F3N4O4S. The van der Waals surface area contributed by atoms with Crippen molar-refractivity contribution in [3.05, 3.63) is 54.6 Å². The van der Waals surface area contributed by atoms with Crippen LogP contribution < -0.4 is 19.5 Å². The first-order valence-corrected chi connectivity index (χ1v) is 11.1. The van der Waals surface area contributed by atoms with Crippen molar-refractivity contribution in [1.29, 1.82) is 0 Å². The lowest BCUT2D eigenvalue weighted by Gasteiger charge is -2.14. The Hall–Kier alpha value is -3.67. The van der Waals surface area contributed by atoms with E-state index in [0.717, 1.165) is 23.9 Å². The van der Waals surface area contributed by atoms with Crippen LogP contribution in [-0.2, 0) is 17.5 Å². The zero-order valence-corrected chi connectivity index (χ0v) is 20.0. The van der Waals surface area contributed by atoms with Gasteiger partial charge in [0.1, 0.15) is 0 Å². The van der Waals surface area contributed by atoms with Gasteiger partial charge in [-0.15, -0.1) is 16.8 Å². The molecule has 0 saturated carbocycles. The molecule has 0 saturated heterocycles. The second kappa shape index (κ2) is 11.2. The van der Waals surface area contributed by atoms with E-state index in [9.17, 15) is 18.0 Å². The van der Waals surface area contributed by atoms with Crippen molar-refractivity contribution in [2.45, 2.75) is 17.9 Å². The number of benzene rings is 2. The lowest BCUT2D eigenvalue weighted by Crippen LogP contribution is -2.15. The molecule has 1 N–H and O–H groups in total. The number of amides is 1. The molecule has 1 aromatic heterocycles. The van der Waals surface area contributed by atoms with Crippen LogP contribution in [0.3, 0.4) is 0 Å². The topological polar surface area (TPSA) is 87.5 Å². The van der Waals surface area contributed by atoms with E-state index in [-0.39, 0.29) is 11.4 Å². The van der Waals surface area contributed by atoms with Crippen LogP contribution in [0.15, 0.2) is 54.2 Å². The van der Waals surface area contributed by atoms with Crippen molar-refractivity contribution < 1.29 is 32.2 Å². The molecule has 35 heavy (non-hydrogen) atoms. The quantitative estimate of drug-likeness (QED) is 0.308. The maximum Gasteiger partial charge on any atom is 0.416 e. The Labute approximate surface area is 204 Å². The number of halogens is 3. The molecule has 0 bridgehead atoms. The Morgan fingerprint density at radius 2 is 1.80 bits per heavy atom. The Morgan fingerprint density at radius 1 is 1.11 bits per heavy atom. The van der Waals surface area contributed by atoms with Crippen molar-refractivity contribution in [2.75, 3.05) is 32.4 Å². The number of alkyl halides is 3. The molecule has 0 radical (unpaired) electrons. The highest BCUT2D eigenvalue weighted by atomic mass is 32.2. The Bertz CT molecular complexity index is 1190. The van der Waals surface area contributed by atoms with Crippen molar-refractivity contribution in [1.82, 2.24) is 14.8 Å². The minimum atomic E-state index is -4.50. The molecule has 2 aromatic carbocycles. The monoisotopic (exact) mass is 508 g/mol. The second-order valence-electron chi connectivity index (χ2n) is 7.03. The van der Waals surface area contributed by atoms with E-state index in [4.69, 9.17) is 14.2 Å². The van der Waals surface area contributed by atoms with Gasteiger partial charge in [0, 0.05) is 17.8 Å². The zero-order valence-electron chi connectivity index (χ0n) is 19.2. The zero-order chi connectivity index (χ0) is 25.6. The van der Waals surface area contributed by atoms with Gasteiger partial charge in [-0.25, -0.2) is 0 Å². The summed E-state index contributed by atoms with van der Waals surface area (Å²) in [6.07, 6.45) is -2.85. The van der Waals surface area contributed by atoms with E-state index in [1.165, 1.54) is 33.5 Å². The van der Waals surface area contributed by atoms with Crippen LogP contribution in [0.2, 0.25) is 0 Å². The summed E-state index contributed by atoms with van der Waals surface area (Å²) >= 11 is 1.09. The van der Waals surface area contributed by atoms with Gasteiger partial charge in [-0.1, -0.05) is 23.9 Å². The number of nitrogens with one attached hydrogen (secondary N) is 1. The van der Waals surface area contributed by atoms with E-state index < -0.39 is 17.6 Å². The number of anilines is 1. The first kappa shape index (κ1) is 25.9. The summed E-state index contributed by atoms with van der Waals surface area (Å²) in [5, 5.41) is 11.3. The molecule has 0 aliphatic heterocycles. The summed E-state index contributed by atoms with van der Waals surface area (Å²) in [6, 6.07) is 7.88. The number of carbonyl (C=O) groups is 1. The van der Waals surface area contributed by atoms with Gasteiger partial charge in [0.25, 0.3) is 0 Å². The number of ether oxygens (including phenoxy) is 3. The number of thioether (sulfide) groups is 1. The Morgan fingerprint density at radius 3 is 2.37 bits per heavy atom. The number of hydrogen-bond donors (Lipinski definition) is 1. The number of carbonyl (C=O) groups excluding carboxylic acids is 1. The number of nitrogens with zero attached hydrogens (tertiary/aromatic N) is 3. The predicted molar refractivity (Wildman–Crippen MR) is 126 cm³/mol. The third-order valence-electron chi connectivity index (χ3n) is 4.76. The molecule has 1 heterocycles. The van der Waals surface area contributed by atoms with Crippen molar-refractivity contribution in [3.8, 4) is 28.6 Å². The molecule has 3 aromatic rings. The number of hydrogen-bond acceptors (Lipinski definition) is 7. The Kier molecular flexibility index (Phi) is 8.28. The lowest BCUT2D eigenvalue weighted by molar-refractivity contribution is -0.137.